The SMILES string of the molecule is COc1ccc(S(=O)(=O)NCC(c2cccn2C)N2CCN(C)CC2)cc1C. The van der Waals surface area contributed by atoms with Gasteiger partial charge in [0.1, 0.15) is 5.75 Å². The quantitative estimate of drug-likeness (QED) is 0.757. The number of nitrogens with one attached hydrogen (secondary N) is 1. The van der Waals surface area contributed by atoms with Crippen molar-refractivity contribution in [3.8, 4) is 5.75 Å². The van der Waals surface area contributed by atoms with Crippen LogP contribution in [-0.2, 0) is 17.1 Å². The molecule has 0 saturated carbocycles. The molecule has 8 heteroatoms. The van der Waals surface area contributed by atoms with Crippen LogP contribution in [0.2, 0.25) is 0 Å². The van der Waals surface area contributed by atoms with E-state index in [1.807, 2.05) is 26.2 Å². The second-order valence-corrected chi connectivity index (χ2v) is 9.15. The number of ether oxygens (including phenoxy) is 1. The summed E-state index contributed by atoms with van der Waals surface area (Å²) >= 11 is 0. The molecule has 1 atom stereocenters. The van der Waals surface area contributed by atoms with Crippen LogP contribution in [0.5, 0.6) is 5.75 Å². The molecule has 28 heavy (non-hydrogen) atoms. The van der Waals surface area contributed by atoms with Gasteiger partial charge >= 0.3 is 0 Å². The van der Waals surface area contributed by atoms with Crippen molar-refractivity contribution in [2.45, 2.75) is 17.9 Å². The third-order valence-corrected chi connectivity index (χ3v) is 6.87. The molecule has 1 saturated heterocycles. The maximum atomic E-state index is 12.9. The van der Waals surface area contributed by atoms with Crippen LogP contribution in [0.4, 0.5) is 0 Å². The maximum Gasteiger partial charge on any atom is 0.240 e. The van der Waals surface area contributed by atoms with Gasteiger partial charge in [0.15, 0.2) is 0 Å². The van der Waals surface area contributed by atoms with Gasteiger partial charge in [-0.2, -0.15) is 0 Å². The molecule has 1 unspecified atom stereocenters. The average molecular weight is 407 g/mol. The van der Waals surface area contributed by atoms with E-state index in [1.54, 1.807) is 25.3 Å². The Kier molecular flexibility index (Phi) is 6.44. The van der Waals surface area contributed by atoms with Crippen molar-refractivity contribution in [1.82, 2.24) is 19.1 Å². The molecule has 1 aromatic heterocycles. The number of likely N-dealkylation sites (N-methyl/N-ethyl adjacent to an activating group) is 1. The molecule has 7 nitrogen and oxygen atoms in total. The first-order chi connectivity index (χ1) is 13.3. The summed E-state index contributed by atoms with van der Waals surface area (Å²) in [5.74, 6) is 0.679. The van der Waals surface area contributed by atoms with Crippen molar-refractivity contribution in [3.63, 3.8) is 0 Å². The van der Waals surface area contributed by atoms with Crippen LogP contribution >= 0.6 is 0 Å². The van der Waals surface area contributed by atoms with Crippen molar-refractivity contribution in [2.24, 2.45) is 7.05 Å². The topological polar surface area (TPSA) is 66.8 Å². The highest BCUT2D eigenvalue weighted by Gasteiger charge is 2.27. The Morgan fingerprint density at radius 3 is 2.43 bits per heavy atom. The summed E-state index contributed by atoms with van der Waals surface area (Å²) in [5.41, 5.74) is 1.90. The van der Waals surface area contributed by atoms with Crippen LogP contribution in [0.25, 0.3) is 0 Å². The van der Waals surface area contributed by atoms with Crippen molar-refractivity contribution in [2.75, 3.05) is 46.9 Å². The second-order valence-electron chi connectivity index (χ2n) is 7.38. The fourth-order valence-electron chi connectivity index (χ4n) is 3.66. The number of hydrogen-bond donors (Lipinski definition) is 1. The molecule has 1 aliphatic heterocycles. The van der Waals surface area contributed by atoms with Gasteiger partial charge in [-0.05, 0) is 49.9 Å². The average Bonchev–Trinajstić information content (AvgIpc) is 3.09. The summed E-state index contributed by atoms with van der Waals surface area (Å²) in [6, 6.07) is 8.98. The van der Waals surface area contributed by atoms with Crippen LogP contribution < -0.4 is 9.46 Å². The predicted octanol–water partition coefficient (Wildman–Crippen LogP) is 1.61. The van der Waals surface area contributed by atoms with E-state index in [9.17, 15) is 8.42 Å². The monoisotopic (exact) mass is 406 g/mol. The lowest BCUT2D eigenvalue weighted by Gasteiger charge is -2.38. The fraction of sp³-hybridized carbons (Fsp3) is 0.500. The summed E-state index contributed by atoms with van der Waals surface area (Å²) in [5, 5.41) is 0. The minimum Gasteiger partial charge on any atom is -0.496 e. The third kappa shape index (κ3) is 4.57. The van der Waals surface area contributed by atoms with Gasteiger partial charge in [-0.15, -0.1) is 0 Å². The summed E-state index contributed by atoms with van der Waals surface area (Å²) in [4.78, 5) is 4.91. The highest BCUT2D eigenvalue weighted by molar-refractivity contribution is 7.89. The van der Waals surface area contributed by atoms with Gasteiger partial charge in [0.25, 0.3) is 0 Å². The Hall–Kier alpha value is -1.87. The van der Waals surface area contributed by atoms with E-state index in [1.165, 1.54) is 0 Å². The molecule has 0 radical (unpaired) electrons. The summed E-state index contributed by atoms with van der Waals surface area (Å²) < 4.78 is 35.9. The first kappa shape index (κ1) is 20.9. The van der Waals surface area contributed by atoms with Crippen molar-refractivity contribution in [3.05, 3.63) is 47.8 Å². The Bertz CT molecular complexity index is 902. The molecular formula is C20H30N4O3S. The van der Waals surface area contributed by atoms with Gasteiger partial charge in [0.2, 0.25) is 10.0 Å². The van der Waals surface area contributed by atoms with E-state index in [2.05, 4.69) is 32.2 Å². The molecule has 2 heterocycles. The van der Waals surface area contributed by atoms with Gasteiger partial charge < -0.3 is 14.2 Å². The first-order valence-electron chi connectivity index (χ1n) is 9.50. The molecule has 2 aromatic rings. The van der Waals surface area contributed by atoms with E-state index >= 15 is 0 Å². The van der Waals surface area contributed by atoms with Crippen molar-refractivity contribution < 1.29 is 13.2 Å². The van der Waals surface area contributed by atoms with Gasteiger partial charge in [-0.25, -0.2) is 13.1 Å². The highest BCUT2D eigenvalue weighted by atomic mass is 32.2. The first-order valence-corrected chi connectivity index (χ1v) is 11.0. The highest BCUT2D eigenvalue weighted by Crippen LogP contribution is 2.24. The summed E-state index contributed by atoms with van der Waals surface area (Å²) in [7, 11) is 2.08. The van der Waals surface area contributed by atoms with E-state index in [-0.39, 0.29) is 10.9 Å². The fourth-order valence-corrected chi connectivity index (χ4v) is 4.79. The lowest BCUT2D eigenvalue weighted by Crippen LogP contribution is -2.48. The number of hydrogen-bond acceptors (Lipinski definition) is 5. The molecule has 1 aromatic carbocycles. The van der Waals surface area contributed by atoms with Crippen LogP contribution in [0.3, 0.4) is 0 Å². The van der Waals surface area contributed by atoms with E-state index in [0.717, 1.165) is 37.4 Å². The van der Waals surface area contributed by atoms with Crippen molar-refractivity contribution >= 4 is 10.0 Å². The second kappa shape index (κ2) is 8.65. The molecular weight excluding hydrogens is 376 g/mol. The minimum atomic E-state index is -3.61. The molecule has 0 amide bonds. The number of sulfonamides is 1. The Balaban J connectivity index is 1.79. The Morgan fingerprint density at radius 2 is 1.86 bits per heavy atom. The standard InChI is InChI=1S/C20H30N4O3S/c1-16-14-17(7-8-20(16)27-4)28(25,26)21-15-19(18-6-5-9-23(18)3)24-12-10-22(2)11-13-24/h5-9,14,19,21H,10-13,15H2,1-4H3. The number of methoxy groups -OCH3 is 1. The van der Waals surface area contributed by atoms with Crippen LogP contribution in [0.15, 0.2) is 41.4 Å². The third-order valence-electron chi connectivity index (χ3n) is 5.45. The van der Waals surface area contributed by atoms with E-state index in [4.69, 9.17) is 4.74 Å². The molecule has 0 bridgehead atoms. The Labute approximate surface area is 167 Å². The molecule has 3 rings (SSSR count). The zero-order chi connectivity index (χ0) is 20.3. The number of nitrogens with zero attached hydrogens (tertiary/aromatic N) is 3. The molecule has 1 fully saturated rings. The van der Waals surface area contributed by atoms with Crippen LogP contribution in [-0.4, -0.2) is 69.7 Å². The van der Waals surface area contributed by atoms with Gasteiger partial charge in [-0.1, -0.05) is 0 Å². The number of aryl methyl sites for hydroxylation is 2. The number of benzene rings is 1. The molecule has 0 spiro atoms. The van der Waals surface area contributed by atoms with Crippen LogP contribution in [0.1, 0.15) is 17.3 Å². The smallest absolute Gasteiger partial charge is 0.240 e. The molecule has 1 aliphatic rings. The van der Waals surface area contributed by atoms with E-state index in [0.29, 0.717) is 12.3 Å². The number of piperazine rings is 1. The maximum absolute atomic E-state index is 12.9. The van der Waals surface area contributed by atoms with Gasteiger partial charge in [0, 0.05) is 51.7 Å². The largest absolute Gasteiger partial charge is 0.496 e. The lowest BCUT2D eigenvalue weighted by atomic mass is 10.1. The van der Waals surface area contributed by atoms with E-state index < -0.39 is 10.0 Å². The normalized spacial score (nSPS) is 17.6. The summed E-state index contributed by atoms with van der Waals surface area (Å²) in [6.45, 7) is 5.95. The van der Waals surface area contributed by atoms with Gasteiger partial charge in [-0.3, -0.25) is 4.90 Å². The van der Waals surface area contributed by atoms with Gasteiger partial charge in [0.05, 0.1) is 18.0 Å². The lowest BCUT2D eigenvalue weighted by molar-refractivity contribution is 0.109. The number of rotatable bonds is 7. The number of aromatic nitrogens is 1. The molecule has 154 valence electrons. The predicted molar refractivity (Wildman–Crippen MR) is 110 cm³/mol. The zero-order valence-electron chi connectivity index (χ0n) is 17.1. The molecule has 0 aliphatic carbocycles. The zero-order valence-corrected chi connectivity index (χ0v) is 17.9. The summed E-state index contributed by atoms with van der Waals surface area (Å²) in [6.07, 6.45) is 2.00. The Morgan fingerprint density at radius 1 is 1.14 bits per heavy atom. The molecule has 1 N–H and O–H groups in total. The van der Waals surface area contributed by atoms with Crippen LogP contribution in [0, 0.1) is 6.92 Å². The minimum absolute atomic E-state index is 0.0113. The van der Waals surface area contributed by atoms with Crippen molar-refractivity contribution in [1.29, 1.82) is 0 Å².